The van der Waals surface area contributed by atoms with E-state index in [0.29, 0.717) is 0 Å². The molecule has 3 atom stereocenters. The molecular formula is C32H29F6N4O3S+. The van der Waals surface area contributed by atoms with Crippen molar-refractivity contribution < 1.29 is 43.4 Å². The Morgan fingerprint density at radius 2 is 1.65 bits per heavy atom. The average Bonchev–Trinajstić information content (AvgIpc) is 3.29. The number of nitrogens with zero attached hydrogens (tertiary/aromatic N) is 2. The molecule has 0 radical (unpaired) electrons. The van der Waals surface area contributed by atoms with E-state index in [0.717, 1.165) is 42.0 Å². The Morgan fingerprint density at radius 3 is 2.24 bits per heavy atom. The van der Waals surface area contributed by atoms with E-state index in [1.165, 1.54) is 24.3 Å². The first-order valence-electron chi connectivity index (χ1n) is 14.1. The van der Waals surface area contributed by atoms with Crippen LogP contribution in [0.15, 0.2) is 95.9 Å². The minimum absolute atomic E-state index is 0.118. The smallest absolute Gasteiger partial charge is 0.364 e. The number of nitrogens with two attached hydrogens (primary N) is 1. The number of benzene rings is 3. The summed E-state index contributed by atoms with van der Waals surface area (Å²) in [6.45, 7) is -0.173. The Bertz CT molecular complexity index is 1840. The van der Waals surface area contributed by atoms with E-state index in [-0.39, 0.29) is 28.7 Å². The fraction of sp³-hybridized carbons (Fsp3) is 0.250. The molecule has 5 rings (SSSR count). The summed E-state index contributed by atoms with van der Waals surface area (Å²) in [5.41, 5.74) is 5.97. The highest BCUT2D eigenvalue weighted by Crippen LogP contribution is 2.45. The van der Waals surface area contributed by atoms with Gasteiger partial charge in [0.25, 0.3) is 5.91 Å². The predicted molar refractivity (Wildman–Crippen MR) is 158 cm³/mol. The molecule has 2 unspecified atom stereocenters. The highest BCUT2D eigenvalue weighted by Gasteiger charge is 2.65. The van der Waals surface area contributed by atoms with Crippen molar-refractivity contribution in [2.75, 3.05) is 11.9 Å². The van der Waals surface area contributed by atoms with Crippen LogP contribution in [0.1, 0.15) is 36.1 Å². The quantitative estimate of drug-likeness (QED) is 0.154. The second-order valence-corrected chi connectivity index (χ2v) is 13.4. The van der Waals surface area contributed by atoms with Crippen LogP contribution in [0.25, 0.3) is 11.3 Å². The number of nitrogens with one attached hydrogen (secondary N) is 1. The lowest BCUT2D eigenvalue weighted by atomic mass is 10.1. The zero-order valence-corrected chi connectivity index (χ0v) is 25.1. The first kappa shape index (κ1) is 32.9. The van der Waals surface area contributed by atoms with Crippen LogP contribution >= 0.6 is 0 Å². The van der Waals surface area contributed by atoms with E-state index in [1.54, 1.807) is 0 Å². The predicted octanol–water partition coefficient (Wildman–Crippen LogP) is 6.68. The van der Waals surface area contributed by atoms with Gasteiger partial charge in [-0.1, -0.05) is 42.5 Å². The number of pyridine rings is 1. The molecule has 0 spiro atoms. The van der Waals surface area contributed by atoms with Crippen molar-refractivity contribution in [2.24, 2.45) is 5.73 Å². The van der Waals surface area contributed by atoms with Crippen LogP contribution in [0.3, 0.4) is 0 Å². The lowest BCUT2D eigenvalue weighted by Gasteiger charge is -2.36. The van der Waals surface area contributed by atoms with Gasteiger partial charge >= 0.3 is 22.1 Å². The molecule has 1 aliphatic heterocycles. The molecular weight excluding hydrogens is 634 g/mol. The number of anilines is 1. The second kappa shape index (κ2) is 12.1. The highest BCUT2D eigenvalue weighted by molar-refractivity contribution is 7.86. The number of alkyl halides is 5. The number of halogens is 6. The number of rotatable bonds is 9. The maximum atomic E-state index is 15.1. The van der Waals surface area contributed by atoms with Crippen molar-refractivity contribution in [3.8, 4) is 11.3 Å². The third-order valence-corrected chi connectivity index (χ3v) is 10.3. The maximum absolute atomic E-state index is 15.1. The summed E-state index contributed by atoms with van der Waals surface area (Å²) in [5.74, 6) is -5.47. The van der Waals surface area contributed by atoms with Gasteiger partial charge in [-0.3, -0.25) is 4.79 Å². The summed E-state index contributed by atoms with van der Waals surface area (Å²) in [4.78, 5) is 16.7. The molecule has 1 aliphatic rings. The number of quaternary nitrogens is 1. The molecule has 3 N–H and O–H groups in total. The Labute approximate surface area is 261 Å². The number of primary amides is 1. The third kappa shape index (κ3) is 6.58. The van der Waals surface area contributed by atoms with Gasteiger partial charge < -0.3 is 11.1 Å². The number of carbonyl (C=O) groups excluding carboxylic acids is 1. The van der Waals surface area contributed by atoms with E-state index in [4.69, 9.17) is 5.73 Å². The van der Waals surface area contributed by atoms with Gasteiger partial charge in [0, 0.05) is 17.2 Å². The molecule has 3 aromatic carbocycles. The fourth-order valence-corrected chi connectivity index (χ4v) is 7.85. The van der Waals surface area contributed by atoms with Crippen LogP contribution in [0, 0.1) is 5.82 Å². The molecule has 46 heavy (non-hydrogen) atoms. The van der Waals surface area contributed by atoms with E-state index in [2.05, 4.69) is 10.3 Å². The minimum Gasteiger partial charge on any atom is -0.364 e. The number of hydrogen-bond donors (Lipinski definition) is 2. The van der Waals surface area contributed by atoms with Crippen molar-refractivity contribution in [3.05, 3.63) is 114 Å². The zero-order valence-electron chi connectivity index (χ0n) is 24.3. The normalized spacial score (nSPS) is 20.3. The number of amides is 1. The van der Waals surface area contributed by atoms with Crippen molar-refractivity contribution in [3.63, 3.8) is 0 Å². The lowest BCUT2D eigenvalue weighted by Crippen LogP contribution is -2.59. The summed E-state index contributed by atoms with van der Waals surface area (Å²) in [7, 11) is -4.83. The molecule has 2 heterocycles. The highest BCUT2D eigenvalue weighted by atomic mass is 32.2. The molecule has 1 aromatic heterocycles. The molecule has 1 saturated heterocycles. The Hall–Kier alpha value is -4.43. The van der Waals surface area contributed by atoms with Crippen molar-refractivity contribution in [1.29, 1.82) is 0 Å². The number of likely N-dealkylation sites (tertiary alicyclic amines) is 1. The van der Waals surface area contributed by atoms with E-state index in [9.17, 15) is 30.8 Å². The summed E-state index contributed by atoms with van der Waals surface area (Å²) >= 11 is 0. The maximum Gasteiger partial charge on any atom is 0.416 e. The monoisotopic (exact) mass is 663 g/mol. The average molecular weight is 664 g/mol. The van der Waals surface area contributed by atoms with Crippen molar-refractivity contribution in [1.82, 2.24) is 4.98 Å². The van der Waals surface area contributed by atoms with Gasteiger partial charge in [0.1, 0.15) is 23.1 Å². The molecule has 242 valence electrons. The SMILES string of the molecule is CC(Nc1cc(C[N+]2(S(=O)(=O)c3ccc(F)cc3)CC(F)(F)C[C@H]2C(N)=O)cc(-c2ccc(C(F)(F)F)cc2)n1)c1ccccc1. The van der Waals surface area contributed by atoms with Crippen LogP contribution in [0.4, 0.5) is 32.2 Å². The summed E-state index contributed by atoms with van der Waals surface area (Å²) in [6, 6.07) is 17.4. The molecule has 0 aliphatic carbocycles. The van der Waals surface area contributed by atoms with Gasteiger partial charge in [-0.25, -0.2) is 18.2 Å². The summed E-state index contributed by atoms with van der Waals surface area (Å²) in [6.07, 6.45) is -5.74. The first-order valence-corrected chi connectivity index (χ1v) is 15.5. The number of hydrogen-bond acceptors (Lipinski definition) is 5. The standard InChI is InChI=1S/C32H28F6N4O3S/c1-20(22-5-3-2-4-6-22)40-29-16-21(15-27(41-29)23-7-9-24(10-8-23)32(36,37)38)18-42(19-31(34,35)17-28(42)30(39)43)46(44,45)26-13-11-25(33)12-14-26/h2-16,20,28H,17-19H2,1H3,(H2-,39,40,41,43)/p+1/t20?,28-,42?/m0/s1. The lowest BCUT2D eigenvalue weighted by molar-refractivity contribution is -0.827. The van der Waals surface area contributed by atoms with Gasteiger partial charge in [-0.2, -0.15) is 25.5 Å². The molecule has 1 fully saturated rings. The van der Waals surface area contributed by atoms with Crippen molar-refractivity contribution in [2.45, 2.75) is 49.0 Å². The Kier molecular flexibility index (Phi) is 8.64. The van der Waals surface area contributed by atoms with E-state index >= 15 is 8.78 Å². The van der Waals surface area contributed by atoms with E-state index in [1.807, 2.05) is 37.3 Å². The van der Waals surface area contributed by atoms with Gasteiger partial charge in [0.15, 0.2) is 12.6 Å². The number of carbonyl (C=O) groups is 1. The molecule has 14 heteroatoms. The second-order valence-electron chi connectivity index (χ2n) is 11.3. The van der Waals surface area contributed by atoms with Crippen LogP contribution in [-0.2, 0) is 27.5 Å². The minimum atomic E-state index is -4.83. The first-order chi connectivity index (χ1) is 21.5. The fourth-order valence-electron chi connectivity index (χ4n) is 5.75. The molecule has 1 amide bonds. The van der Waals surface area contributed by atoms with Gasteiger partial charge in [0.2, 0.25) is 0 Å². The van der Waals surface area contributed by atoms with Crippen LogP contribution in [0.2, 0.25) is 0 Å². The Morgan fingerprint density at radius 1 is 1.02 bits per heavy atom. The summed E-state index contributed by atoms with van der Waals surface area (Å²) < 4.78 is 111. The van der Waals surface area contributed by atoms with Gasteiger partial charge in [0.05, 0.1) is 17.7 Å². The van der Waals surface area contributed by atoms with Crippen molar-refractivity contribution >= 4 is 21.7 Å². The number of aromatic nitrogens is 1. The summed E-state index contributed by atoms with van der Waals surface area (Å²) in [5, 5.41) is 3.18. The Balaban J connectivity index is 1.66. The molecule has 0 bridgehead atoms. The van der Waals surface area contributed by atoms with Gasteiger partial charge in [-0.15, -0.1) is 0 Å². The molecule has 7 nitrogen and oxygen atoms in total. The molecule has 0 saturated carbocycles. The van der Waals surface area contributed by atoms with Crippen LogP contribution in [0.5, 0.6) is 0 Å². The topological polar surface area (TPSA) is 102 Å². The largest absolute Gasteiger partial charge is 0.416 e. The third-order valence-electron chi connectivity index (χ3n) is 7.98. The van der Waals surface area contributed by atoms with Gasteiger partial charge in [-0.05, 0) is 61.0 Å². The van der Waals surface area contributed by atoms with Crippen LogP contribution in [-0.4, -0.2) is 41.7 Å². The molecule has 4 aromatic rings. The zero-order chi connectivity index (χ0) is 33.5. The number of sulfonamides is 1. The van der Waals surface area contributed by atoms with Crippen LogP contribution < -0.4 is 11.1 Å². The van der Waals surface area contributed by atoms with E-state index < -0.39 is 73.7 Å².